The van der Waals surface area contributed by atoms with E-state index in [1.165, 1.54) is 0 Å². The van der Waals surface area contributed by atoms with Crippen LogP contribution in [0.25, 0.3) is 5.70 Å². The third-order valence-corrected chi connectivity index (χ3v) is 2.41. The zero-order valence-corrected chi connectivity index (χ0v) is 9.46. The first-order chi connectivity index (χ1) is 7.65. The summed E-state index contributed by atoms with van der Waals surface area (Å²) in [6.07, 6.45) is 3.53. The van der Waals surface area contributed by atoms with Crippen LogP contribution in [0.1, 0.15) is 11.1 Å². The Balaban J connectivity index is 3.45. The van der Waals surface area contributed by atoms with Crippen molar-refractivity contribution in [1.29, 1.82) is 0 Å². The Bertz CT molecular complexity index is 421. The van der Waals surface area contributed by atoms with Crippen molar-refractivity contribution in [3.05, 3.63) is 42.0 Å². The summed E-state index contributed by atoms with van der Waals surface area (Å²) >= 11 is 0. The Morgan fingerprint density at radius 2 is 2.00 bits per heavy atom. The molecule has 0 atom stereocenters. The molecule has 0 spiro atoms. The molecule has 16 heavy (non-hydrogen) atoms. The van der Waals surface area contributed by atoms with Crippen LogP contribution in [-0.2, 0) is 6.54 Å². The fourth-order valence-electron chi connectivity index (χ4n) is 1.63. The summed E-state index contributed by atoms with van der Waals surface area (Å²) in [5.74, 6) is 0. The van der Waals surface area contributed by atoms with Crippen LogP contribution < -0.4 is 22.5 Å². The van der Waals surface area contributed by atoms with E-state index in [1.54, 1.807) is 18.2 Å². The van der Waals surface area contributed by atoms with Gasteiger partial charge in [-0.05, 0) is 23.8 Å². The molecule has 4 nitrogen and oxygen atoms in total. The lowest BCUT2D eigenvalue weighted by Crippen LogP contribution is -2.13. The molecular weight excluding hydrogens is 200 g/mol. The zero-order chi connectivity index (χ0) is 12.1. The van der Waals surface area contributed by atoms with Crippen LogP contribution in [0.2, 0.25) is 0 Å². The molecule has 1 rings (SSSR count). The standard InChI is InChI=1S/C12H18N4/c1-3-4-11(16-2)12-8(7-13)9(14)5-6-10(12)15/h3-6,16H,1,7,13-15H2,2H3/b11-4+. The quantitative estimate of drug-likeness (QED) is 0.449. The smallest absolute Gasteiger partial charge is 0.0435 e. The summed E-state index contributed by atoms with van der Waals surface area (Å²) in [7, 11) is 1.82. The van der Waals surface area contributed by atoms with E-state index < -0.39 is 0 Å². The lowest BCUT2D eigenvalue weighted by atomic mass is 10.00. The fourth-order valence-corrected chi connectivity index (χ4v) is 1.63. The first kappa shape index (κ1) is 12.1. The van der Waals surface area contributed by atoms with Gasteiger partial charge in [-0.1, -0.05) is 12.7 Å². The van der Waals surface area contributed by atoms with Crippen molar-refractivity contribution in [3.63, 3.8) is 0 Å². The van der Waals surface area contributed by atoms with E-state index in [-0.39, 0.29) is 0 Å². The number of rotatable bonds is 4. The van der Waals surface area contributed by atoms with E-state index in [1.807, 2.05) is 13.1 Å². The monoisotopic (exact) mass is 218 g/mol. The minimum atomic E-state index is 0.350. The zero-order valence-electron chi connectivity index (χ0n) is 9.46. The van der Waals surface area contributed by atoms with Crippen LogP contribution in [0.15, 0.2) is 30.9 Å². The maximum absolute atomic E-state index is 5.95. The van der Waals surface area contributed by atoms with Crippen molar-refractivity contribution >= 4 is 17.1 Å². The molecule has 0 bridgehead atoms. The summed E-state index contributed by atoms with van der Waals surface area (Å²) in [4.78, 5) is 0. The SMILES string of the molecule is C=C/C=C(/NC)c1c(N)ccc(N)c1CN. The Morgan fingerprint density at radius 3 is 2.50 bits per heavy atom. The second-order valence-corrected chi connectivity index (χ2v) is 3.37. The van der Waals surface area contributed by atoms with E-state index in [2.05, 4.69) is 11.9 Å². The van der Waals surface area contributed by atoms with E-state index in [9.17, 15) is 0 Å². The van der Waals surface area contributed by atoms with E-state index in [0.29, 0.717) is 17.9 Å². The summed E-state index contributed by atoms with van der Waals surface area (Å²) < 4.78 is 0. The van der Waals surface area contributed by atoms with E-state index >= 15 is 0 Å². The molecule has 4 heteroatoms. The van der Waals surface area contributed by atoms with Crippen LogP contribution >= 0.6 is 0 Å². The summed E-state index contributed by atoms with van der Waals surface area (Å²) in [5.41, 5.74) is 21.4. The van der Waals surface area contributed by atoms with E-state index in [4.69, 9.17) is 17.2 Å². The molecule has 1 aromatic rings. The molecule has 0 saturated heterocycles. The maximum Gasteiger partial charge on any atom is 0.0435 e. The second-order valence-electron chi connectivity index (χ2n) is 3.37. The van der Waals surface area contributed by atoms with E-state index in [0.717, 1.165) is 16.8 Å². The Hall–Kier alpha value is -1.94. The van der Waals surface area contributed by atoms with Gasteiger partial charge in [0.15, 0.2) is 0 Å². The van der Waals surface area contributed by atoms with Gasteiger partial charge >= 0.3 is 0 Å². The summed E-state index contributed by atoms with van der Waals surface area (Å²) in [6, 6.07) is 3.54. The lowest BCUT2D eigenvalue weighted by Gasteiger charge is -2.16. The van der Waals surface area contributed by atoms with Crippen molar-refractivity contribution in [1.82, 2.24) is 5.32 Å². The molecule has 0 aliphatic heterocycles. The lowest BCUT2D eigenvalue weighted by molar-refractivity contribution is 1.05. The van der Waals surface area contributed by atoms with Gasteiger partial charge in [-0.3, -0.25) is 0 Å². The summed E-state index contributed by atoms with van der Waals surface area (Å²) in [5, 5.41) is 3.06. The average molecular weight is 218 g/mol. The van der Waals surface area contributed by atoms with Crippen LogP contribution in [0, 0.1) is 0 Å². The molecule has 0 amide bonds. The number of nitrogens with one attached hydrogen (secondary N) is 1. The largest absolute Gasteiger partial charge is 0.398 e. The molecule has 0 radical (unpaired) electrons. The second kappa shape index (κ2) is 5.23. The van der Waals surface area contributed by atoms with Gasteiger partial charge in [-0.25, -0.2) is 0 Å². The van der Waals surface area contributed by atoms with Gasteiger partial charge in [0.05, 0.1) is 0 Å². The third kappa shape index (κ3) is 2.17. The Kier molecular flexibility index (Phi) is 3.96. The molecule has 86 valence electrons. The van der Waals surface area contributed by atoms with Crippen molar-refractivity contribution in [2.45, 2.75) is 6.54 Å². The molecule has 7 N–H and O–H groups in total. The van der Waals surface area contributed by atoms with Crippen LogP contribution in [0.3, 0.4) is 0 Å². The normalized spacial score (nSPS) is 11.2. The van der Waals surface area contributed by atoms with Gasteiger partial charge in [0.2, 0.25) is 0 Å². The highest BCUT2D eigenvalue weighted by molar-refractivity contribution is 5.80. The van der Waals surface area contributed by atoms with Gasteiger partial charge < -0.3 is 22.5 Å². The molecule has 0 fully saturated rings. The third-order valence-electron chi connectivity index (χ3n) is 2.41. The molecule has 0 aliphatic carbocycles. The number of nitrogens with two attached hydrogens (primary N) is 3. The van der Waals surface area contributed by atoms with Crippen LogP contribution in [-0.4, -0.2) is 7.05 Å². The number of hydrogen-bond acceptors (Lipinski definition) is 4. The number of allylic oxidation sites excluding steroid dienone is 2. The minimum Gasteiger partial charge on any atom is -0.398 e. The molecule has 0 heterocycles. The summed E-state index contributed by atoms with van der Waals surface area (Å²) in [6.45, 7) is 4.01. The highest BCUT2D eigenvalue weighted by Gasteiger charge is 2.11. The van der Waals surface area contributed by atoms with Crippen LogP contribution in [0.5, 0.6) is 0 Å². The predicted molar refractivity (Wildman–Crippen MR) is 70.4 cm³/mol. The highest BCUT2D eigenvalue weighted by Crippen LogP contribution is 2.28. The van der Waals surface area contributed by atoms with Crippen molar-refractivity contribution in [2.75, 3.05) is 18.5 Å². The fraction of sp³-hybridized carbons (Fsp3) is 0.167. The van der Waals surface area contributed by atoms with Gasteiger partial charge in [-0.15, -0.1) is 0 Å². The van der Waals surface area contributed by atoms with Crippen LogP contribution in [0.4, 0.5) is 11.4 Å². The first-order valence-electron chi connectivity index (χ1n) is 5.03. The van der Waals surface area contributed by atoms with Gasteiger partial charge in [0.1, 0.15) is 0 Å². The molecular formula is C12H18N4. The molecule has 0 unspecified atom stereocenters. The van der Waals surface area contributed by atoms with Crippen molar-refractivity contribution < 1.29 is 0 Å². The number of hydrogen-bond donors (Lipinski definition) is 4. The highest BCUT2D eigenvalue weighted by atomic mass is 14.8. The predicted octanol–water partition coefficient (Wildman–Crippen LogP) is 1.06. The molecule has 0 saturated carbocycles. The maximum atomic E-state index is 5.95. The topological polar surface area (TPSA) is 90.1 Å². The number of anilines is 2. The van der Waals surface area contributed by atoms with Crippen molar-refractivity contribution in [2.24, 2.45) is 5.73 Å². The number of nitrogen functional groups attached to an aromatic ring is 2. The molecule has 0 aliphatic rings. The Labute approximate surface area is 95.8 Å². The molecule has 1 aromatic carbocycles. The van der Waals surface area contributed by atoms with Gasteiger partial charge in [0, 0.05) is 36.2 Å². The first-order valence-corrected chi connectivity index (χ1v) is 5.03. The average Bonchev–Trinajstić information content (AvgIpc) is 2.29. The van der Waals surface area contributed by atoms with Crippen molar-refractivity contribution in [3.8, 4) is 0 Å². The van der Waals surface area contributed by atoms with Gasteiger partial charge in [-0.2, -0.15) is 0 Å². The van der Waals surface area contributed by atoms with Gasteiger partial charge in [0.25, 0.3) is 0 Å². The minimum absolute atomic E-state index is 0.350. The Morgan fingerprint density at radius 1 is 1.38 bits per heavy atom. The molecule has 0 aromatic heterocycles. The number of benzene rings is 1.